The molecule has 1 amide bonds. The second-order valence-corrected chi connectivity index (χ2v) is 7.81. The number of hydrogen-bond donors (Lipinski definition) is 1. The van der Waals surface area contributed by atoms with Gasteiger partial charge in [-0.15, -0.1) is 0 Å². The Kier molecular flexibility index (Phi) is 5.11. The molecule has 1 heterocycles. The first kappa shape index (κ1) is 15.8. The van der Waals surface area contributed by atoms with E-state index in [4.69, 9.17) is 0 Å². The van der Waals surface area contributed by atoms with Crippen LogP contribution in [0.15, 0.2) is 0 Å². The second kappa shape index (κ2) is 6.46. The molecule has 116 valence electrons. The fraction of sp³-hybridized carbons (Fsp3) is 0.941. The van der Waals surface area contributed by atoms with E-state index >= 15 is 0 Å². The Labute approximate surface area is 123 Å². The zero-order chi connectivity index (χ0) is 14.8. The van der Waals surface area contributed by atoms with Gasteiger partial charge >= 0.3 is 0 Å². The minimum atomic E-state index is -0.292. The minimum Gasteiger partial charge on any atom is -0.393 e. The van der Waals surface area contributed by atoms with Gasteiger partial charge in [0.2, 0.25) is 5.91 Å². The number of hydrogen-bond acceptors (Lipinski definition) is 2. The van der Waals surface area contributed by atoms with Crippen molar-refractivity contribution in [1.82, 2.24) is 4.90 Å². The van der Waals surface area contributed by atoms with E-state index in [0.29, 0.717) is 17.2 Å². The third-order valence-corrected chi connectivity index (χ3v) is 5.26. The molecule has 0 bridgehead atoms. The number of carbonyl (C=O) groups is 1. The van der Waals surface area contributed by atoms with E-state index in [9.17, 15) is 9.90 Å². The lowest BCUT2D eigenvalue weighted by Gasteiger charge is -2.38. The van der Waals surface area contributed by atoms with Gasteiger partial charge < -0.3 is 10.0 Å². The third-order valence-electron chi connectivity index (χ3n) is 5.26. The summed E-state index contributed by atoms with van der Waals surface area (Å²) in [6, 6.07) is 0. The molecule has 1 aliphatic heterocycles. The Morgan fingerprint density at radius 2 is 2.10 bits per heavy atom. The summed E-state index contributed by atoms with van der Waals surface area (Å²) in [6.45, 7) is 8.15. The van der Waals surface area contributed by atoms with Gasteiger partial charge in [0.25, 0.3) is 0 Å². The third kappa shape index (κ3) is 4.21. The quantitative estimate of drug-likeness (QED) is 0.863. The zero-order valence-corrected chi connectivity index (χ0v) is 13.4. The Morgan fingerprint density at radius 1 is 1.35 bits per heavy atom. The summed E-state index contributed by atoms with van der Waals surface area (Å²) in [6.07, 6.45) is 7.48. The van der Waals surface area contributed by atoms with E-state index in [1.54, 1.807) is 0 Å². The molecule has 1 saturated carbocycles. The Hall–Kier alpha value is -0.570. The van der Waals surface area contributed by atoms with E-state index in [2.05, 4.69) is 13.8 Å². The summed E-state index contributed by atoms with van der Waals surface area (Å²) < 4.78 is 0. The van der Waals surface area contributed by atoms with Gasteiger partial charge in [0, 0.05) is 25.4 Å². The summed E-state index contributed by atoms with van der Waals surface area (Å²) in [5.41, 5.74) is 0.410. The van der Waals surface area contributed by atoms with Crippen molar-refractivity contribution in [3.05, 3.63) is 0 Å². The van der Waals surface area contributed by atoms with Gasteiger partial charge in [0.15, 0.2) is 0 Å². The van der Waals surface area contributed by atoms with Crippen LogP contribution in [0.4, 0.5) is 0 Å². The first-order valence-electron chi connectivity index (χ1n) is 8.33. The topological polar surface area (TPSA) is 40.5 Å². The first-order chi connectivity index (χ1) is 9.37. The van der Waals surface area contributed by atoms with Gasteiger partial charge in [-0.3, -0.25) is 4.79 Å². The minimum absolute atomic E-state index is 0.274. The van der Waals surface area contributed by atoms with Crippen molar-refractivity contribution >= 4 is 5.91 Å². The Bertz CT molecular complexity index is 338. The maximum atomic E-state index is 12.5. The molecule has 2 fully saturated rings. The van der Waals surface area contributed by atoms with Crippen LogP contribution in [0.5, 0.6) is 0 Å². The van der Waals surface area contributed by atoms with Gasteiger partial charge in [0.05, 0.1) is 6.10 Å². The lowest BCUT2D eigenvalue weighted by atomic mass is 9.71. The summed E-state index contributed by atoms with van der Waals surface area (Å²) in [5, 5.41) is 9.73. The van der Waals surface area contributed by atoms with E-state index in [-0.39, 0.29) is 12.0 Å². The van der Waals surface area contributed by atoms with Crippen molar-refractivity contribution in [3.8, 4) is 0 Å². The fourth-order valence-corrected chi connectivity index (χ4v) is 4.04. The molecule has 3 heteroatoms. The predicted octanol–water partition coefficient (Wildman–Crippen LogP) is 3.21. The summed E-state index contributed by atoms with van der Waals surface area (Å²) in [4.78, 5) is 14.5. The van der Waals surface area contributed by atoms with Gasteiger partial charge in [-0.1, -0.05) is 20.3 Å². The smallest absolute Gasteiger partial charge is 0.222 e. The Balaban J connectivity index is 1.85. The number of piperidine rings is 1. The van der Waals surface area contributed by atoms with Gasteiger partial charge in [-0.2, -0.15) is 0 Å². The van der Waals surface area contributed by atoms with Crippen LogP contribution >= 0.6 is 0 Å². The van der Waals surface area contributed by atoms with Crippen LogP contribution in [-0.4, -0.2) is 35.1 Å². The highest BCUT2D eigenvalue weighted by Crippen LogP contribution is 2.40. The zero-order valence-electron chi connectivity index (χ0n) is 13.4. The maximum Gasteiger partial charge on any atom is 0.222 e. The molecule has 3 nitrogen and oxygen atoms in total. The molecule has 3 unspecified atom stereocenters. The van der Waals surface area contributed by atoms with E-state index in [0.717, 1.165) is 32.4 Å². The van der Waals surface area contributed by atoms with Crippen LogP contribution in [-0.2, 0) is 4.79 Å². The molecule has 2 rings (SSSR count). The van der Waals surface area contributed by atoms with Crippen LogP contribution in [0.1, 0.15) is 65.7 Å². The number of aliphatic hydroxyl groups excluding tert-OH is 1. The molecule has 0 aromatic rings. The van der Waals surface area contributed by atoms with Crippen LogP contribution in [0.3, 0.4) is 0 Å². The molecular formula is C17H31NO2. The summed E-state index contributed by atoms with van der Waals surface area (Å²) in [7, 11) is 0. The van der Waals surface area contributed by atoms with Crippen molar-refractivity contribution in [1.29, 1.82) is 0 Å². The van der Waals surface area contributed by atoms with Crippen molar-refractivity contribution in [3.63, 3.8) is 0 Å². The van der Waals surface area contributed by atoms with Crippen LogP contribution in [0.2, 0.25) is 0 Å². The average Bonchev–Trinajstić information content (AvgIpc) is 2.37. The lowest BCUT2D eigenvalue weighted by Crippen LogP contribution is -2.43. The van der Waals surface area contributed by atoms with Crippen LogP contribution in [0.25, 0.3) is 0 Å². The summed E-state index contributed by atoms with van der Waals surface area (Å²) in [5.74, 6) is 1.16. The standard InChI is InChI=1S/C17H31NO2/c1-13(19)15-7-5-9-18(12-15)16(20)10-14-6-4-8-17(2,3)11-14/h13-15,19H,4-12H2,1-3H3. The number of rotatable bonds is 3. The highest BCUT2D eigenvalue weighted by molar-refractivity contribution is 5.76. The highest BCUT2D eigenvalue weighted by atomic mass is 16.3. The van der Waals surface area contributed by atoms with E-state index in [1.165, 1.54) is 25.7 Å². The van der Waals surface area contributed by atoms with Crippen molar-refractivity contribution in [2.75, 3.05) is 13.1 Å². The molecule has 0 aromatic heterocycles. The predicted molar refractivity (Wildman–Crippen MR) is 81.3 cm³/mol. The van der Waals surface area contributed by atoms with E-state index < -0.39 is 0 Å². The van der Waals surface area contributed by atoms with Gasteiger partial charge in [0.1, 0.15) is 0 Å². The molecule has 20 heavy (non-hydrogen) atoms. The average molecular weight is 281 g/mol. The normalized spacial score (nSPS) is 31.9. The molecule has 0 aromatic carbocycles. The SMILES string of the molecule is CC(O)C1CCCN(C(=O)CC2CCCC(C)(C)C2)C1. The molecule has 3 atom stereocenters. The van der Waals surface area contributed by atoms with Crippen molar-refractivity contribution in [2.24, 2.45) is 17.3 Å². The van der Waals surface area contributed by atoms with Crippen LogP contribution in [0, 0.1) is 17.3 Å². The number of likely N-dealkylation sites (tertiary alicyclic amines) is 1. The highest BCUT2D eigenvalue weighted by Gasteiger charge is 2.32. The van der Waals surface area contributed by atoms with Crippen molar-refractivity contribution < 1.29 is 9.90 Å². The van der Waals surface area contributed by atoms with Crippen molar-refractivity contribution in [2.45, 2.75) is 71.8 Å². The number of aliphatic hydroxyl groups is 1. The monoisotopic (exact) mass is 281 g/mol. The fourth-order valence-electron chi connectivity index (χ4n) is 4.04. The first-order valence-corrected chi connectivity index (χ1v) is 8.33. The number of nitrogens with zero attached hydrogens (tertiary/aromatic N) is 1. The molecule has 1 aliphatic carbocycles. The number of carbonyl (C=O) groups excluding carboxylic acids is 1. The molecule has 2 aliphatic rings. The molecule has 1 saturated heterocycles. The summed E-state index contributed by atoms with van der Waals surface area (Å²) >= 11 is 0. The second-order valence-electron chi connectivity index (χ2n) is 7.81. The number of amides is 1. The molecule has 0 radical (unpaired) electrons. The maximum absolute atomic E-state index is 12.5. The largest absolute Gasteiger partial charge is 0.393 e. The Morgan fingerprint density at radius 3 is 2.75 bits per heavy atom. The molecular weight excluding hydrogens is 250 g/mol. The molecule has 1 N–H and O–H groups in total. The lowest BCUT2D eigenvalue weighted by molar-refractivity contribution is -0.135. The van der Waals surface area contributed by atoms with Gasteiger partial charge in [-0.05, 0) is 50.4 Å². The van der Waals surface area contributed by atoms with Crippen LogP contribution < -0.4 is 0 Å². The van der Waals surface area contributed by atoms with E-state index in [1.807, 2.05) is 11.8 Å². The van der Waals surface area contributed by atoms with Gasteiger partial charge in [-0.25, -0.2) is 0 Å². The molecule has 0 spiro atoms.